The van der Waals surface area contributed by atoms with Crippen LogP contribution in [-0.4, -0.2) is 0 Å². The molecule has 1 rings (SSSR count). The zero-order chi connectivity index (χ0) is 10.2. The quantitative estimate of drug-likeness (QED) is 0.683. The molecule has 77 valence electrons. The van der Waals surface area contributed by atoms with Gasteiger partial charge in [-0.2, -0.15) is 0 Å². The number of nitrogens with two attached hydrogens (primary N) is 1. The van der Waals surface area contributed by atoms with Crippen LogP contribution in [0.1, 0.15) is 43.7 Å². The van der Waals surface area contributed by atoms with E-state index >= 15 is 0 Å². The Morgan fingerprint density at radius 3 is 2.43 bits per heavy atom. The Balaban J connectivity index is 2.25. The van der Waals surface area contributed by atoms with Gasteiger partial charge in [0.05, 0.1) is 0 Å². The summed E-state index contributed by atoms with van der Waals surface area (Å²) in [5.74, 6) is 0. The van der Waals surface area contributed by atoms with E-state index in [4.69, 9.17) is 5.73 Å². The molecule has 1 atom stereocenters. The molecule has 0 aromatic heterocycles. The molecular formula is C13H20N. The molecule has 1 heteroatoms. The van der Waals surface area contributed by atoms with E-state index in [0.717, 1.165) is 12.8 Å². The van der Waals surface area contributed by atoms with Crippen molar-refractivity contribution in [2.75, 3.05) is 0 Å². The second-order valence-corrected chi connectivity index (χ2v) is 3.72. The van der Waals surface area contributed by atoms with Gasteiger partial charge in [-0.1, -0.05) is 62.9 Å². The van der Waals surface area contributed by atoms with Gasteiger partial charge in [-0.25, -0.2) is 0 Å². The molecule has 0 bridgehead atoms. The molecule has 1 nitrogen and oxygen atoms in total. The average Bonchev–Trinajstić information content (AvgIpc) is 2.25. The van der Waals surface area contributed by atoms with E-state index in [-0.39, 0.29) is 6.04 Å². The maximum atomic E-state index is 6.06. The minimum absolute atomic E-state index is 0.209. The molecule has 0 unspecified atom stereocenters. The van der Waals surface area contributed by atoms with E-state index < -0.39 is 0 Å². The molecule has 0 saturated heterocycles. The summed E-state index contributed by atoms with van der Waals surface area (Å²) in [7, 11) is 0. The lowest BCUT2D eigenvalue weighted by Crippen LogP contribution is -2.09. The highest BCUT2D eigenvalue weighted by Gasteiger charge is 2.03. The van der Waals surface area contributed by atoms with Crippen LogP contribution in [0.3, 0.4) is 0 Å². The van der Waals surface area contributed by atoms with Crippen molar-refractivity contribution >= 4 is 0 Å². The van der Waals surface area contributed by atoms with Crippen LogP contribution in [0.15, 0.2) is 30.3 Å². The van der Waals surface area contributed by atoms with Crippen molar-refractivity contribution in [3.8, 4) is 0 Å². The predicted molar refractivity (Wildman–Crippen MR) is 61.8 cm³/mol. The van der Waals surface area contributed by atoms with Crippen LogP contribution < -0.4 is 5.73 Å². The predicted octanol–water partition coefficient (Wildman–Crippen LogP) is 3.47. The van der Waals surface area contributed by atoms with Crippen molar-refractivity contribution < 1.29 is 0 Å². The van der Waals surface area contributed by atoms with Crippen LogP contribution in [0.25, 0.3) is 0 Å². The molecule has 0 amide bonds. The van der Waals surface area contributed by atoms with Crippen LogP contribution in [0.2, 0.25) is 0 Å². The standard InChI is InChI=1S/C13H20N/c1-2-3-4-8-11-13(14)12-9-6-5-7-10-12/h5-7,9-10,13H,1-4,8,11,14H2/t13-/m1/s1. The highest BCUT2D eigenvalue weighted by atomic mass is 14.6. The molecule has 0 saturated carbocycles. The molecule has 0 fully saturated rings. The van der Waals surface area contributed by atoms with Gasteiger partial charge in [-0.05, 0) is 12.0 Å². The lowest BCUT2D eigenvalue weighted by atomic mass is 10.0. The fourth-order valence-corrected chi connectivity index (χ4v) is 1.58. The van der Waals surface area contributed by atoms with Crippen LogP contribution in [0, 0.1) is 6.92 Å². The minimum Gasteiger partial charge on any atom is -0.324 e. The van der Waals surface area contributed by atoms with E-state index in [0.29, 0.717) is 0 Å². The third-order valence-corrected chi connectivity index (χ3v) is 2.49. The lowest BCUT2D eigenvalue weighted by Gasteiger charge is -2.11. The first-order chi connectivity index (χ1) is 6.84. The molecule has 0 aliphatic rings. The molecular weight excluding hydrogens is 170 g/mol. The molecule has 14 heavy (non-hydrogen) atoms. The monoisotopic (exact) mass is 190 g/mol. The number of hydrogen-bond acceptors (Lipinski definition) is 1. The summed E-state index contributed by atoms with van der Waals surface area (Å²) in [4.78, 5) is 0. The van der Waals surface area contributed by atoms with Crippen molar-refractivity contribution in [1.82, 2.24) is 0 Å². The fourth-order valence-electron chi connectivity index (χ4n) is 1.58. The maximum absolute atomic E-state index is 6.06. The molecule has 1 aromatic carbocycles. The van der Waals surface area contributed by atoms with E-state index in [9.17, 15) is 0 Å². The highest BCUT2D eigenvalue weighted by molar-refractivity contribution is 5.18. The van der Waals surface area contributed by atoms with Crippen molar-refractivity contribution in [2.24, 2.45) is 5.73 Å². The van der Waals surface area contributed by atoms with Gasteiger partial charge >= 0.3 is 0 Å². The SMILES string of the molecule is [CH2]CCCCC[C@@H](N)c1ccccc1. The molecule has 0 heterocycles. The summed E-state index contributed by atoms with van der Waals surface area (Å²) in [5.41, 5.74) is 7.31. The summed E-state index contributed by atoms with van der Waals surface area (Å²) in [6.45, 7) is 3.83. The molecule has 2 N–H and O–H groups in total. The Bertz CT molecular complexity index is 230. The van der Waals surface area contributed by atoms with Gasteiger partial charge in [-0.3, -0.25) is 0 Å². The van der Waals surface area contributed by atoms with E-state index in [1.807, 2.05) is 18.2 Å². The second-order valence-electron chi connectivity index (χ2n) is 3.72. The van der Waals surface area contributed by atoms with Gasteiger partial charge in [0.15, 0.2) is 0 Å². The fraction of sp³-hybridized carbons (Fsp3) is 0.462. The molecule has 1 aromatic rings. The molecule has 0 aliphatic heterocycles. The van der Waals surface area contributed by atoms with E-state index in [1.54, 1.807) is 0 Å². The van der Waals surface area contributed by atoms with Crippen molar-refractivity contribution in [2.45, 2.75) is 38.1 Å². The third kappa shape index (κ3) is 3.93. The number of unbranched alkanes of at least 4 members (excludes halogenated alkanes) is 3. The first-order valence-electron chi connectivity index (χ1n) is 5.44. The van der Waals surface area contributed by atoms with Gasteiger partial charge in [-0.15, -0.1) is 0 Å². The van der Waals surface area contributed by atoms with Gasteiger partial charge in [0.1, 0.15) is 0 Å². The van der Waals surface area contributed by atoms with Gasteiger partial charge in [0.2, 0.25) is 0 Å². The summed E-state index contributed by atoms with van der Waals surface area (Å²) in [5, 5.41) is 0. The Morgan fingerprint density at radius 2 is 1.79 bits per heavy atom. The smallest absolute Gasteiger partial charge is 0.0294 e. The van der Waals surface area contributed by atoms with Crippen molar-refractivity contribution in [3.63, 3.8) is 0 Å². The normalized spacial score (nSPS) is 12.7. The van der Waals surface area contributed by atoms with Crippen LogP contribution in [-0.2, 0) is 0 Å². The van der Waals surface area contributed by atoms with E-state index in [2.05, 4.69) is 19.1 Å². The van der Waals surface area contributed by atoms with Crippen LogP contribution in [0.5, 0.6) is 0 Å². The molecule has 0 spiro atoms. The van der Waals surface area contributed by atoms with Crippen LogP contribution in [0.4, 0.5) is 0 Å². The Morgan fingerprint density at radius 1 is 1.07 bits per heavy atom. The van der Waals surface area contributed by atoms with Gasteiger partial charge in [0, 0.05) is 6.04 Å². The van der Waals surface area contributed by atoms with Crippen LogP contribution >= 0.6 is 0 Å². The number of hydrogen-bond donors (Lipinski definition) is 1. The van der Waals surface area contributed by atoms with Gasteiger partial charge in [0.25, 0.3) is 0 Å². The Hall–Kier alpha value is -0.820. The lowest BCUT2D eigenvalue weighted by molar-refractivity contribution is 0.572. The summed E-state index contributed by atoms with van der Waals surface area (Å²) >= 11 is 0. The molecule has 1 radical (unpaired) electrons. The first kappa shape index (κ1) is 11.3. The van der Waals surface area contributed by atoms with Crippen molar-refractivity contribution in [3.05, 3.63) is 42.8 Å². The van der Waals surface area contributed by atoms with E-state index in [1.165, 1.54) is 24.8 Å². The number of benzene rings is 1. The largest absolute Gasteiger partial charge is 0.324 e. The molecule has 0 aliphatic carbocycles. The summed E-state index contributed by atoms with van der Waals surface area (Å²) in [6.07, 6.45) is 5.82. The zero-order valence-electron chi connectivity index (χ0n) is 8.78. The number of rotatable bonds is 6. The third-order valence-electron chi connectivity index (χ3n) is 2.49. The van der Waals surface area contributed by atoms with Gasteiger partial charge < -0.3 is 5.73 Å². The summed E-state index contributed by atoms with van der Waals surface area (Å²) in [6, 6.07) is 10.5. The average molecular weight is 190 g/mol. The first-order valence-corrected chi connectivity index (χ1v) is 5.44. The van der Waals surface area contributed by atoms with Crippen molar-refractivity contribution in [1.29, 1.82) is 0 Å². The summed E-state index contributed by atoms with van der Waals surface area (Å²) < 4.78 is 0. The minimum atomic E-state index is 0.209. The Kier molecular flexibility index (Phi) is 5.31. The maximum Gasteiger partial charge on any atom is 0.0294 e. The second kappa shape index (κ2) is 6.61. The zero-order valence-corrected chi connectivity index (χ0v) is 8.78. The highest BCUT2D eigenvalue weighted by Crippen LogP contribution is 2.16. The Labute approximate surface area is 87.3 Å². The topological polar surface area (TPSA) is 26.0 Å².